The number of cyclic esters (lactones) is 1. The minimum absolute atomic E-state index is 0.0569. The maximum atomic E-state index is 14.0. The molecule has 1 aliphatic rings. The van der Waals surface area contributed by atoms with Crippen LogP contribution in [0, 0.1) is 0 Å². The van der Waals surface area contributed by atoms with Gasteiger partial charge in [0, 0.05) is 10.9 Å². The van der Waals surface area contributed by atoms with E-state index in [0.717, 1.165) is 36.4 Å². The molecule has 0 saturated carbocycles. The highest BCUT2D eigenvalue weighted by molar-refractivity contribution is 7.13. The van der Waals surface area contributed by atoms with Gasteiger partial charge in [-0.05, 0) is 113 Å². The maximum Gasteiger partial charge on any atom is 0.416 e. The van der Waals surface area contributed by atoms with E-state index in [4.69, 9.17) is 9.16 Å². The fraction of sp³-hybridized carbons (Fsp3) is 0.333. The summed E-state index contributed by atoms with van der Waals surface area (Å²) in [7, 11) is -2.14. The summed E-state index contributed by atoms with van der Waals surface area (Å²) in [5.74, 6) is 0. The molecule has 5 aromatic rings. The van der Waals surface area contributed by atoms with Crippen molar-refractivity contribution < 1.29 is 53.5 Å². The zero-order valence-electron chi connectivity index (χ0n) is 32.2. The van der Waals surface area contributed by atoms with Crippen molar-refractivity contribution in [1.29, 1.82) is 0 Å². The highest BCUT2D eigenvalue weighted by Gasteiger charge is 2.42. The molecule has 6 rings (SSSR count). The van der Waals surface area contributed by atoms with E-state index in [1.54, 1.807) is 30.5 Å². The molecule has 1 amide bonds. The van der Waals surface area contributed by atoms with E-state index in [1.165, 1.54) is 46.6 Å². The number of carbonyl (C=O) groups is 1. The predicted octanol–water partition coefficient (Wildman–Crippen LogP) is 13.8. The number of halogens is 9. The largest absolute Gasteiger partial charge is 0.439 e. The third-order valence-electron chi connectivity index (χ3n) is 10.7. The molecule has 5 nitrogen and oxygen atoms in total. The van der Waals surface area contributed by atoms with Crippen molar-refractivity contribution in [1.82, 2.24) is 9.88 Å². The van der Waals surface area contributed by atoms with Gasteiger partial charge in [0.2, 0.25) is 0 Å². The van der Waals surface area contributed by atoms with E-state index >= 15 is 0 Å². The molecule has 0 spiro atoms. The quantitative estimate of drug-likeness (QED) is 0.109. The SMILES string of the molecule is C[C@H]1[C@@H](c2cc(-c3ccc(C(F)(F)F)cc3)cc(-c3ccc(C(F)(F)F)cc3)c2)OC(=O)N1Cc1cc(C(F)(F)F)ccc1-c1nc(CO[Si](C)(C)C(C)(C)C)cs1. The van der Waals surface area contributed by atoms with Crippen LogP contribution < -0.4 is 0 Å². The number of hydrogen-bond donors (Lipinski definition) is 0. The summed E-state index contributed by atoms with van der Waals surface area (Å²) < 4.78 is 135. The minimum Gasteiger partial charge on any atom is -0.439 e. The van der Waals surface area contributed by atoms with Gasteiger partial charge in [0.1, 0.15) is 11.1 Å². The molecule has 1 aliphatic heterocycles. The van der Waals surface area contributed by atoms with Crippen molar-refractivity contribution in [3.8, 4) is 32.8 Å². The van der Waals surface area contributed by atoms with Gasteiger partial charge in [-0.1, -0.05) is 51.1 Å². The summed E-state index contributed by atoms with van der Waals surface area (Å²) in [6, 6.07) is 15.9. The molecular formula is C42H39F9N2O3SSi. The fourth-order valence-corrected chi connectivity index (χ4v) is 8.08. The van der Waals surface area contributed by atoms with E-state index in [2.05, 4.69) is 38.8 Å². The molecule has 4 aromatic carbocycles. The van der Waals surface area contributed by atoms with Gasteiger partial charge in [0.05, 0.1) is 41.6 Å². The third kappa shape index (κ3) is 9.28. The van der Waals surface area contributed by atoms with Crippen LogP contribution in [-0.4, -0.2) is 30.3 Å². The molecule has 1 aromatic heterocycles. The second kappa shape index (κ2) is 15.5. The Morgan fingerprint density at radius 2 is 1.22 bits per heavy atom. The van der Waals surface area contributed by atoms with Crippen molar-refractivity contribution in [2.45, 2.75) is 89.7 Å². The number of benzene rings is 4. The molecule has 0 aliphatic carbocycles. The highest BCUT2D eigenvalue weighted by atomic mass is 32.1. The highest BCUT2D eigenvalue weighted by Crippen LogP contribution is 2.42. The maximum absolute atomic E-state index is 14.0. The lowest BCUT2D eigenvalue weighted by Gasteiger charge is -2.35. The zero-order valence-corrected chi connectivity index (χ0v) is 34.0. The Kier molecular flexibility index (Phi) is 11.5. The predicted molar refractivity (Wildman–Crippen MR) is 206 cm³/mol. The van der Waals surface area contributed by atoms with Crippen LogP contribution in [0.3, 0.4) is 0 Å². The van der Waals surface area contributed by atoms with E-state index in [9.17, 15) is 44.3 Å². The summed E-state index contributed by atoms with van der Waals surface area (Å²) >= 11 is 1.23. The standard InChI is InChI=1S/C42H39F9N2O3SSi/c1-24-36(29-18-27(25-7-11-31(12-8-25)40(43,44)45)17-28(19-29)26-9-13-32(14-10-26)41(46,47)48)56-38(54)53(24)21-30-20-33(42(49,50)51)15-16-35(30)37-52-34(23-57-37)22-55-58(5,6)39(2,3)4/h7-20,23-24,36H,21-22H2,1-6H3/t24-,36-/m0/s1. The fourth-order valence-electron chi connectivity index (χ4n) is 6.27. The lowest BCUT2D eigenvalue weighted by Crippen LogP contribution is -2.40. The monoisotopic (exact) mass is 850 g/mol. The van der Waals surface area contributed by atoms with Crippen LogP contribution in [0.5, 0.6) is 0 Å². The van der Waals surface area contributed by atoms with Gasteiger partial charge in [0.15, 0.2) is 8.32 Å². The Hall–Kier alpha value is -4.67. The van der Waals surface area contributed by atoms with Crippen molar-refractivity contribution in [3.63, 3.8) is 0 Å². The average Bonchev–Trinajstić information content (AvgIpc) is 3.73. The van der Waals surface area contributed by atoms with Crippen LogP contribution in [0.2, 0.25) is 18.1 Å². The number of alkyl halides is 9. The zero-order chi connectivity index (χ0) is 42.6. The van der Waals surface area contributed by atoms with E-state index < -0.39 is 61.8 Å². The van der Waals surface area contributed by atoms with Crippen LogP contribution in [0.25, 0.3) is 32.8 Å². The second-order valence-corrected chi connectivity index (χ2v) is 21.4. The van der Waals surface area contributed by atoms with Crippen molar-refractivity contribution in [3.05, 3.63) is 124 Å². The Morgan fingerprint density at radius 3 is 1.71 bits per heavy atom. The van der Waals surface area contributed by atoms with Gasteiger partial charge in [-0.2, -0.15) is 39.5 Å². The van der Waals surface area contributed by atoms with Crippen LogP contribution in [0.15, 0.2) is 90.3 Å². The molecule has 0 radical (unpaired) electrons. The Bertz CT molecular complexity index is 2200. The first-order valence-corrected chi connectivity index (χ1v) is 21.9. The number of nitrogens with zero attached hydrogens (tertiary/aromatic N) is 2. The lowest BCUT2D eigenvalue weighted by atomic mass is 9.92. The number of ether oxygens (including phenoxy) is 1. The van der Waals surface area contributed by atoms with Crippen molar-refractivity contribution >= 4 is 25.7 Å². The van der Waals surface area contributed by atoms with Crippen LogP contribution in [0.4, 0.5) is 44.3 Å². The Labute approximate surface area is 334 Å². The lowest BCUT2D eigenvalue weighted by molar-refractivity contribution is -0.138. The van der Waals surface area contributed by atoms with Crippen LogP contribution >= 0.6 is 11.3 Å². The molecule has 1 saturated heterocycles. The number of aromatic nitrogens is 1. The first-order valence-electron chi connectivity index (χ1n) is 18.1. The van der Waals surface area contributed by atoms with Gasteiger partial charge in [-0.15, -0.1) is 11.3 Å². The summed E-state index contributed by atoms with van der Waals surface area (Å²) in [6.07, 6.45) is -15.7. The van der Waals surface area contributed by atoms with E-state index in [0.29, 0.717) is 44.1 Å². The molecule has 1 fully saturated rings. The van der Waals surface area contributed by atoms with Crippen molar-refractivity contribution in [2.24, 2.45) is 0 Å². The number of hydrogen-bond acceptors (Lipinski definition) is 5. The van der Waals surface area contributed by atoms with Crippen LogP contribution in [0.1, 0.15) is 67.3 Å². The minimum atomic E-state index is -4.69. The summed E-state index contributed by atoms with van der Waals surface area (Å²) in [5, 5.41) is 2.16. The van der Waals surface area contributed by atoms with E-state index in [1.807, 2.05) is 0 Å². The molecule has 2 atom stereocenters. The Balaban J connectivity index is 1.35. The molecule has 2 heterocycles. The summed E-state index contributed by atoms with van der Waals surface area (Å²) in [4.78, 5) is 19.5. The van der Waals surface area contributed by atoms with E-state index in [-0.39, 0.29) is 23.8 Å². The average molecular weight is 851 g/mol. The van der Waals surface area contributed by atoms with Crippen molar-refractivity contribution in [2.75, 3.05) is 0 Å². The molecule has 308 valence electrons. The molecular weight excluding hydrogens is 812 g/mol. The number of thiazole rings is 1. The van der Waals surface area contributed by atoms with Gasteiger partial charge >= 0.3 is 24.6 Å². The molecule has 0 N–H and O–H groups in total. The topological polar surface area (TPSA) is 51.7 Å². The van der Waals surface area contributed by atoms with Gasteiger partial charge in [0.25, 0.3) is 0 Å². The summed E-state index contributed by atoms with van der Waals surface area (Å²) in [6.45, 7) is 12.1. The van der Waals surface area contributed by atoms with Gasteiger partial charge in [-0.25, -0.2) is 9.78 Å². The number of amides is 1. The van der Waals surface area contributed by atoms with Gasteiger partial charge < -0.3 is 9.16 Å². The first-order chi connectivity index (χ1) is 26.8. The number of rotatable bonds is 9. The molecule has 0 bridgehead atoms. The smallest absolute Gasteiger partial charge is 0.416 e. The molecule has 0 unspecified atom stereocenters. The molecule has 16 heteroatoms. The summed E-state index contributed by atoms with van der Waals surface area (Å²) in [5.41, 5.74) is 0.312. The third-order valence-corrected chi connectivity index (χ3v) is 16.1. The first kappa shape index (κ1) is 42.9. The normalized spacial score (nSPS) is 16.9. The molecule has 58 heavy (non-hydrogen) atoms. The van der Waals surface area contributed by atoms with Gasteiger partial charge in [-0.3, -0.25) is 4.90 Å². The Morgan fingerprint density at radius 1 is 0.724 bits per heavy atom. The second-order valence-electron chi connectivity index (χ2n) is 15.7. The number of carbonyl (C=O) groups excluding carboxylic acids is 1. The van der Waals surface area contributed by atoms with Crippen LogP contribution in [-0.2, 0) is 40.8 Å².